The first-order chi connectivity index (χ1) is 10.4. The number of halogens is 7. The van der Waals surface area contributed by atoms with Crippen molar-refractivity contribution in [2.24, 2.45) is 0 Å². The molecule has 1 fully saturated rings. The Labute approximate surface area is 125 Å². The molecule has 11 heteroatoms. The Balaban J connectivity index is 2.03. The molecule has 0 N–H and O–H groups in total. The lowest BCUT2D eigenvalue weighted by molar-refractivity contribution is -0.360. The molecule has 1 aromatic rings. The fraction of sp³-hybridized carbons (Fsp3) is 0.583. The van der Waals surface area contributed by atoms with Gasteiger partial charge in [0, 0.05) is 12.6 Å². The fourth-order valence-electron chi connectivity index (χ4n) is 1.91. The first-order valence-corrected chi connectivity index (χ1v) is 6.23. The molecule has 2 rings (SSSR count). The summed E-state index contributed by atoms with van der Waals surface area (Å²) in [4.78, 5) is 4.72. The zero-order valence-electron chi connectivity index (χ0n) is 11.6. The minimum absolute atomic E-state index is 0.0842. The van der Waals surface area contributed by atoms with Gasteiger partial charge in [0.2, 0.25) is 5.88 Å². The third-order valence-corrected chi connectivity index (χ3v) is 2.98. The summed E-state index contributed by atoms with van der Waals surface area (Å²) in [7, 11) is 1.46. The van der Waals surface area contributed by atoms with Crippen LogP contribution in [0.4, 0.5) is 30.7 Å². The van der Waals surface area contributed by atoms with Crippen LogP contribution in [0.2, 0.25) is 0 Å². The second kappa shape index (κ2) is 5.69. The molecule has 23 heavy (non-hydrogen) atoms. The number of rotatable bonds is 4. The molecular formula is C12H11F7N2O2. The lowest BCUT2D eigenvalue weighted by Crippen LogP contribution is -2.41. The SMILES string of the molecule is CN1C[C@@H](Oc2ccc(OC(F)(F)C(F)(F)F)cn2)C(F)(F)C1. The maximum Gasteiger partial charge on any atom is 0.499 e. The van der Waals surface area contributed by atoms with E-state index in [0.717, 1.165) is 12.1 Å². The molecule has 1 aromatic heterocycles. The number of alkyl halides is 7. The van der Waals surface area contributed by atoms with E-state index in [1.54, 1.807) is 0 Å². The Morgan fingerprint density at radius 3 is 2.30 bits per heavy atom. The summed E-state index contributed by atoms with van der Waals surface area (Å²) in [6.45, 7) is -0.601. The van der Waals surface area contributed by atoms with Gasteiger partial charge < -0.3 is 9.47 Å². The van der Waals surface area contributed by atoms with E-state index in [1.165, 1.54) is 11.9 Å². The molecule has 2 heterocycles. The third kappa shape index (κ3) is 3.95. The van der Waals surface area contributed by atoms with Gasteiger partial charge in [0.15, 0.2) is 6.10 Å². The normalized spacial score (nSPS) is 22.2. The Morgan fingerprint density at radius 1 is 1.22 bits per heavy atom. The van der Waals surface area contributed by atoms with Crippen LogP contribution in [0.15, 0.2) is 18.3 Å². The van der Waals surface area contributed by atoms with Crippen molar-refractivity contribution in [3.63, 3.8) is 0 Å². The van der Waals surface area contributed by atoms with Crippen molar-refractivity contribution in [3.05, 3.63) is 18.3 Å². The van der Waals surface area contributed by atoms with Gasteiger partial charge in [-0.1, -0.05) is 0 Å². The molecule has 0 aromatic carbocycles. The van der Waals surface area contributed by atoms with E-state index < -0.39 is 36.6 Å². The van der Waals surface area contributed by atoms with E-state index in [0.29, 0.717) is 6.20 Å². The lowest BCUT2D eigenvalue weighted by Gasteiger charge is -2.21. The molecule has 1 aliphatic heterocycles. The summed E-state index contributed by atoms with van der Waals surface area (Å²) in [5, 5.41) is 0. The number of likely N-dealkylation sites (tertiary alicyclic amines) is 1. The largest absolute Gasteiger partial charge is 0.499 e. The topological polar surface area (TPSA) is 34.6 Å². The molecule has 130 valence electrons. The highest BCUT2D eigenvalue weighted by Gasteiger charge is 2.61. The van der Waals surface area contributed by atoms with Gasteiger partial charge in [0.25, 0.3) is 5.92 Å². The van der Waals surface area contributed by atoms with Crippen molar-refractivity contribution in [3.8, 4) is 11.6 Å². The maximum absolute atomic E-state index is 13.5. The number of hydrogen-bond acceptors (Lipinski definition) is 4. The van der Waals surface area contributed by atoms with Crippen LogP contribution in [0.3, 0.4) is 0 Å². The molecule has 0 spiro atoms. The molecule has 0 aliphatic carbocycles. The number of nitrogens with zero attached hydrogens (tertiary/aromatic N) is 2. The van der Waals surface area contributed by atoms with E-state index in [2.05, 4.69) is 9.72 Å². The number of likely N-dealkylation sites (N-methyl/N-ethyl adjacent to an activating group) is 1. The third-order valence-electron chi connectivity index (χ3n) is 2.98. The number of pyridine rings is 1. The molecule has 0 bridgehead atoms. The number of hydrogen-bond donors (Lipinski definition) is 0. The molecule has 0 saturated carbocycles. The monoisotopic (exact) mass is 348 g/mol. The van der Waals surface area contributed by atoms with Crippen LogP contribution in [0.1, 0.15) is 0 Å². The van der Waals surface area contributed by atoms with Gasteiger partial charge in [-0.15, -0.1) is 0 Å². The first-order valence-electron chi connectivity index (χ1n) is 6.23. The van der Waals surface area contributed by atoms with Gasteiger partial charge in [-0.25, -0.2) is 13.8 Å². The van der Waals surface area contributed by atoms with Crippen LogP contribution in [0, 0.1) is 0 Å². The predicted molar refractivity (Wildman–Crippen MR) is 62.7 cm³/mol. The van der Waals surface area contributed by atoms with Crippen molar-refractivity contribution < 1.29 is 40.2 Å². The first kappa shape index (κ1) is 17.6. The molecule has 0 amide bonds. The van der Waals surface area contributed by atoms with Crippen molar-refractivity contribution in [2.75, 3.05) is 20.1 Å². The Hall–Kier alpha value is -1.78. The van der Waals surface area contributed by atoms with Gasteiger partial charge in [-0.3, -0.25) is 4.90 Å². The van der Waals surface area contributed by atoms with Crippen molar-refractivity contribution in [2.45, 2.75) is 24.3 Å². The van der Waals surface area contributed by atoms with Crippen LogP contribution in [0.25, 0.3) is 0 Å². The average Bonchev–Trinajstić information content (AvgIpc) is 2.62. The minimum atomic E-state index is -5.89. The summed E-state index contributed by atoms with van der Waals surface area (Å²) < 4.78 is 96.8. The fourth-order valence-corrected chi connectivity index (χ4v) is 1.91. The van der Waals surface area contributed by atoms with Crippen molar-refractivity contribution in [1.29, 1.82) is 0 Å². The zero-order valence-corrected chi connectivity index (χ0v) is 11.6. The van der Waals surface area contributed by atoms with Gasteiger partial charge in [-0.2, -0.15) is 22.0 Å². The molecule has 0 unspecified atom stereocenters. The summed E-state index contributed by atoms with van der Waals surface area (Å²) >= 11 is 0. The maximum atomic E-state index is 13.5. The average molecular weight is 348 g/mol. The standard InChI is InChI=1S/C12H11F7N2O2/c1-21-5-8(10(13,14)6-21)22-9-3-2-7(4-20-9)23-12(18,19)11(15,16)17/h2-4,8H,5-6H2,1H3/t8-/m1/s1. The van der Waals surface area contributed by atoms with E-state index in [9.17, 15) is 30.7 Å². The van der Waals surface area contributed by atoms with Crippen LogP contribution in [-0.2, 0) is 0 Å². The van der Waals surface area contributed by atoms with Crippen LogP contribution in [-0.4, -0.2) is 54.3 Å². The van der Waals surface area contributed by atoms with E-state index >= 15 is 0 Å². The summed E-state index contributed by atoms with van der Waals surface area (Å²) in [6.07, 6.45) is -12.2. The molecule has 1 atom stereocenters. The number of aromatic nitrogens is 1. The number of ether oxygens (including phenoxy) is 2. The van der Waals surface area contributed by atoms with Gasteiger partial charge in [0.05, 0.1) is 12.7 Å². The Kier molecular flexibility index (Phi) is 4.35. The summed E-state index contributed by atoms with van der Waals surface area (Å²) in [5.41, 5.74) is 0. The molecule has 0 radical (unpaired) electrons. The van der Waals surface area contributed by atoms with E-state index in [4.69, 9.17) is 4.74 Å². The quantitative estimate of drug-likeness (QED) is 0.784. The van der Waals surface area contributed by atoms with Crippen LogP contribution in [0.5, 0.6) is 11.6 Å². The highest BCUT2D eigenvalue weighted by atomic mass is 19.4. The smallest absolute Gasteiger partial charge is 0.466 e. The van der Waals surface area contributed by atoms with E-state index in [1.807, 2.05) is 0 Å². The highest BCUT2D eigenvalue weighted by Crippen LogP contribution is 2.37. The second-order valence-electron chi connectivity index (χ2n) is 5.01. The van der Waals surface area contributed by atoms with E-state index in [-0.39, 0.29) is 12.4 Å². The van der Waals surface area contributed by atoms with Gasteiger partial charge >= 0.3 is 12.3 Å². The lowest BCUT2D eigenvalue weighted by atomic mass is 10.2. The van der Waals surface area contributed by atoms with Crippen LogP contribution >= 0.6 is 0 Å². The molecule has 4 nitrogen and oxygen atoms in total. The van der Waals surface area contributed by atoms with Crippen LogP contribution < -0.4 is 9.47 Å². The van der Waals surface area contributed by atoms with Gasteiger partial charge in [0.1, 0.15) is 5.75 Å². The summed E-state index contributed by atoms with van der Waals surface area (Å²) in [6, 6.07) is 1.59. The second-order valence-corrected chi connectivity index (χ2v) is 5.01. The Morgan fingerprint density at radius 2 is 1.87 bits per heavy atom. The minimum Gasteiger partial charge on any atom is -0.466 e. The molecule has 1 aliphatic rings. The van der Waals surface area contributed by atoms with Crippen molar-refractivity contribution >= 4 is 0 Å². The predicted octanol–water partition coefficient (Wildman–Crippen LogP) is 2.94. The molecule has 1 saturated heterocycles. The van der Waals surface area contributed by atoms with Crippen molar-refractivity contribution in [1.82, 2.24) is 9.88 Å². The Bertz CT molecular complexity index is 547. The zero-order chi connectivity index (χ0) is 17.5. The molecular weight excluding hydrogens is 337 g/mol. The summed E-state index contributed by atoms with van der Waals surface area (Å²) in [5.74, 6) is -4.35. The highest BCUT2D eigenvalue weighted by molar-refractivity contribution is 5.23. The van der Waals surface area contributed by atoms with Gasteiger partial charge in [-0.05, 0) is 13.1 Å².